The van der Waals surface area contributed by atoms with Gasteiger partial charge in [-0.25, -0.2) is 0 Å². The van der Waals surface area contributed by atoms with Gasteiger partial charge in [0, 0.05) is 31.7 Å². The second-order valence-electron chi connectivity index (χ2n) is 6.97. The number of furan rings is 1. The van der Waals surface area contributed by atoms with Crippen LogP contribution in [0.15, 0.2) is 52.9 Å². The summed E-state index contributed by atoms with van der Waals surface area (Å²) >= 11 is 0. The Morgan fingerprint density at radius 3 is 2.62 bits per heavy atom. The number of hydrogen-bond acceptors (Lipinski definition) is 6. The van der Waals surface area contributed by atoms with Crippen molar-refractivity contribution in [1.82, 2.24) is 19.7 Å². The largest absolute Gasteiger partial charge is 0.507 e. The molecule has 29 heavy (non-hydrogen) atoms. The van der Waals surface area contributed by atoms with Crippen LogP contribution >= 0.6 is 0 Å². The Balaban J connectivity index is 1.88. The standard InChI is InChI=1S/C21H20N4O4/c1-12-16(13(2)24(3)23-12)19(26)17-18(15-7-5-9-29-15)25(21(28)20(17)27)11-14-6-4-8-22-10-14/h4-10,18,26H,11H2,1-3H3/b19-17+. The fraction of sp³-hybridized carbons (Fsp3) is 0.238. The number of aromatic nitrogens is 3. The number of carbonyl (C=O) groups is 2. The van der Waals surface area contributed by atoms with Gasteiger partial charge in [-0.2, -0.15) is 5.10 Å². The molecule has 4 heterocycles. The lowest BCUT2D eigenvalue weighted by Crippen LogP contribution is -2.29. The van der Waals surface area contributed by atoms with E-state index in [1.807, 2.05) is 6.07 Å². The van der Waals surface area contributed by atoms with E-state index in [1.54, 1.807) is 56.2 Å². The smallest absolute Gasteiger partial charge is 0.296 e. The highest BCUT2D eigenvalue weighted by molar-refractivity contribution is 6.46. The first kappa shape index (κ1) is 18.7. The predicted molar refractivity (Wildman–Crippen MR) is 103 cm³/mol. The maximum absolute atomic E-state index is 13.0. The summed E-state index contributed by atoms with van der Waals surface area (Å²) < 4.78 is 7.16. The minimum absolute atomic E-state index is 0.00644. The molecule has 1 N–H and O–H groups in total. The SMILES string of the molecule is Cc1nn(C)c(C)c1/C(O)=C1\C(=O)C(=O)N(Cc2cccnc2)C1c1ccco1. The predicted octanol–water partition coefficient (Wildman–Crippen LogP) is 2.65. The second-order valence-corrected chi connectivity index (χ2v) is 6.97. The Bertz CT molecular complexity index is 1110. The molecule has 3 aromatic rings. The van der Waals surface area contributed by atoms with Crippen LogP contribution < -0.4 is 0 Å². The van der Waals surface area contributed by atoms with E-state index in [0.29, 0.717) is 22.7 Å². The van der Waals surface area contributed by atoms with Crippen LogP contribution in [-0.2, 0) is 23.2 Å². The first-order chi connectivity index (χ1) is 13.9. The Morgan fingerprint density at radius 2 is 2.03 bits per heavy atom. The van der Waals surface area contributed by atoms with Gasteiger partial charge in [0.1, 0.15) is 17.6 Å². The van der Waals surface area contributed by atoms with E-state index in [9.17, 15) is 14.7 Å². The van der Waals surface area contributed by atoms with E-state index in [1.165, 1.54) is 11.2 Å². The third kappa shape index (κ3) is 3.02. The Hall–Kier alpha value is -3.68. The number of aliphatic hydroxyl groups is 1. The van der Waals surface area contributed by atoms with E-state index in [0.717, 1.165) is 5.56 Å². The molecule has 0 spiro atoms. The van der Waals surface area contributed by atoms with Gasteiger partial charge >= 0.3 is 0 Å². The van der Waals surface area contributed by atoms with Crippen molar-refractivity contribution in [2.24, 2.45) is 7.05 Å². The summed E-state index contributed by atoms with van der Waals surface area (Å²) in [6.45, 7) is 3.70. The van der Waals surface area contributed by atoms with Crippen LogP contribution in [-0.4, -0.2) is 36.5 Å². The molecule has 8 heteroatoms. The summed E-state index contributed by atoms with van der Waals surface area (Å²) in [7, 11) is 1.75. The Labute approximate surface area is 167 Å². The normalized spacial score (nSPS) is 18.6. The number of likely N-dealkylation sites (tertiary alicyclic amines) is 1. The summed E-state index contributed by atoms with van der Waals surface area (Å²) in [5.41, 5.74) is 2.46. The van der Waals surface area contributed by atoms with E-state index in [4.69, 9.17) is 4.42 Å². The van der Waals surface area contributed by atoms with Crippen LogP contribution in [0.25, 0.3) is 5.76 Å². The minimum Gasteiger partial charge on any atom is -0.507 e. The molecule has 1 saturated heterocycles. The molecule has 8 nitrogen and oxygen atoms in total. The van der Waals surface area contributed by atoms with Gasteiger partial charge in [-0.15, -0.1) is 0 Å². The van der Waals surface area contributed by atoms with Gasteiger partial charge in [-0.1, -0.05) is 6.07 Å². The van der Waals surface area contributed by atoms with Gasteiger partial charge < -0.3 is 14.4 Å². The first-order valence-corrected chi connectivity index (χ1v) is 9.11. The van der Waals surface area contributed by atoms with Gasteiger partial charge in [0.05, 0.1) is 23.1 Å². The van der Waals surface area contributed by atoms with Gasteiger partial charge in [0.15, 0.2) is 0 Å². The number of ketones is 1. The van der Waals surface area contributed by atoms with Gasteiger partial charge in [-0.05, 0) is 37.6 Å². The third-order valence-electron chi connectivity index (χ3n) is 5.17. The molecular weight excluding hydrogens is 372 g/mol. The van der Waals surface area contributed by atoms with Crippen LogP contribution in [0.1, 0.15) is 34.3 Å². The van der Waals surface area contributed by atoms with Crippen LogP contribution in [0.4, 0.5) is 0 Å². The van der Waals surface area contributed by atoms with Crippen molar-refractivity contribution < 1.29 is 19.1 Å². The van der Waals surface area contributed by atoms with Crippen molar-refractivity contribution in [3.05, 3.63) is 76.8 Å². The van der Waals surface area contributed by atoms with E-state index in [2.05, 4.69) is 10.1 Å². The lowest BCUT2D eigenvalue weighted by molar-refractivity contribution is -0.140. The van der Waals surface area contributed by atoms with Crippen molar-refractivity contribution in [2.45, 2.75) is 26.4 Å². The number of amides is 1. The molecule has 1 amide bonds. The fourth-order valence-electron chi connectivity index (χ4n) is 3.73. The average Bonchev–Trinajstić information content (AvgIpc) is 3.37. The van der Waals surface area contributed by atoms with E-state index in [-0.39, 0.29) is 17.9 Å². The molecular formula is C21H20N4O4. The molecule has 0 radical (unpaired) electrons. The summed E-state index contributed by atoms with van der Waals surface area (Å²) in [5, 5.41) is 15.4. The second kappa shape index (κ2) is 7.05. The first-order valence-electron chi connectivity index (χ1n) is 9.11. The molecule has 0 bridgehead atoms. The Morgan fingerprint density at radius 1 is 1.24 bits per heavy atom. The Kier molecular flexibility index (Phi) is 4.54. The maximum atomic E-state index is 13.0. The number of hydrogen-bond donors (Lipinski definition) is 1. The monoisotopic (exact) mass is 392 g/mol. The van der Waals surface area contributed by atoms with Crippen molar-refractivity contribution in [3.8, 4) is 0 Å². The molecule has 4 rings (SSSR count). The van der Waals surface area contributed by atoms with Crippen LogP contribution in [0.2, 0.25) is 0 Å². The summed E-state index contributed by atoms with van der Waals surface area (Å²) in [6, 6.07) is 6.10. The summed E-state index contributed by atoms with van der Waals surface area (Å²) in [4.78, 5) is 31.3. The van der Waals surface area contributed by atoms with Crippen molar-refractivity contribution in [3.63, 3.8) is 0 Å². The van der Waals surface area contributed by atoms with Gasteiger partial charge in [-0.3, -0.25) is 19.3 Å². The van der Waals surface area contributed by atoms with Crippen molar-refractivity contribution in [2.75, 3.05) is 0 Å². The van der Waals surface area contributed by atoms with Crippen molar-refractivity contribution in [1.29, 1.82) is 0 Å². The number of Topliss-reactive ketones (excluding diaryl/α,β-unsaturated/α-hetero) is 1. The summed E-state index contributed by atoms with van der Waals surface area (Å²) in [5.74, 6) is -1.30. The number of aryl methyl sites for hydroxylation is 2. The molecule has 1 unspecified atom stereocenters. The van der Waals surface area contributed by atoms with Crippen LogP contribution in [0.5, 0.6) is 0 Å². The average molecular weight is 392 g/mol. The molecule has 0 saturated carbocycles. The lowest BCUT2D eigenvalue weighted by atomic mass is 9.98. The molecule has 0 aliphatic carbocycles. The number of nitrogens with zero attached hydrogens (tertiary/aromatic N) is 4. The zero-order chi connectivity index (χ0) is 20.7. The van der Waals surface area contributed by atoms with Gasteiger partial charge in [0.2, 0.25) is 0 Å². The number of aliphatic hydroxyl groups excluding tert-OH is 1. The molecule has 1 aliphatic rings. The highest BCUT2D eigenvalue weighted by Crippen LogP contribution is 2.41. The van der Waals surface area contributed by atoms with Crippen LogP contribution in [0, 0.1) is 13.8 Å². The van der Waals surface area contributed by atoms with Gasteiger partial charge in [0.25, 0.3) is 11.7 Å². The maximum Gasteiger partial charge on any atom is 0.296 e. The molecule has 148 valence electrons. The number of carbonyl (C=O) groups excluding carboxylic acids is 2. The zero-order valence-corrected chi connectivity index (χ0v) is 16.3. The van der Waals surface area contributed by atoms with E-state index >= 15 is 0 Å². The highest BCUT2D eigenvalue weighted by atomic mass is 16.3. The molecule has 3 aromatic heterocycles. The zero-order valence-electron chi connectivity index (χ0n) is 16.3. The number of rotatable bonds is 4. The summed E-state index contributed by atoms with van der Waals surface area (Å²) in [6.07, 6.45) is 4.74. The molecule has 1 fully saturated rings. The molecule has 1 aliphatic heterocycles. The van der Waals surface area contributed by atoms with E-state index < -0.39 is 17.7 Å². The third-order valence-corrected chi connectivity index (χ3v) is 5.17. The lowest BCUT2D eigenvalue weighted by Gasteiger charge is -2.23. The van der Waals surface area contributed by atoms with Crippen molar-refractivity contribution >= 4 is 17.4 Å². The highest BCUT2D eigenvalue weighted by Gasteiger charge is 2.47. The molecule has 0 aromatic carbocycles. The minimum atomic E-state index is -0.843. The number of pyridine rings is 1. The topological polar surface area (TPSA) is 101 Å². The quantitative estimate of drug-likeness (QED) is 0.416. The molecule has 1 atom stereocenters. The van der Waals surface area contributed by atoms with Crippen LogP contribution in [0.3, 0.4) is 0 Å². The fourth-order valence-corrected chi connectivity index (χ4v) is 3.73.